The molecule has 0 aliphatic rings. The number of aryl methyl sites for hydroxylation is 1. The molecule has 5 nitrogen and oxygen atoms in total. The number of aromatic nitrogens is 2. The Kier molecular flexibility index (Phi) is 4.09. The van der Waals surface area contributed by atoms with Crippen LogP contribution in [0.15, 0.2) is 22.7 Å². The van der Waals surface area contributed by atoms with E-state index in [1.807, 2.05) is 36.6 Å². The Labute approximate surface area is 120 Å². The fourth-order valence-corrected chi connectivity index (χ4v) is 2.31. The highest BCUT2D eigenvalue weighted by atomic mass is 79.9. The molecule has 1 amide bonds. The van der Waals surface area contributed by atoms with Crippen molar-refractivity contribution in [2.45, 2.75) is 32.9 Å². The summed E-state index contributed by atoms with van der Waals surface area (Å²) in [7, 11) is 0. The van der Waals surface area contributed by atoms with E-state index in [1.165, 1.54) is 0 Å². The maximum Gasteiger partial charge on any atom is 0.221 e. The van der Waals surface area contributed by atoms with Gasteiger partial charge in [-0.3, -0.25) is 4.79 Å². The summed E-state index contributed by atoms with van der Waals surface area (Å²) >= 11 is 3.43. The third kappa shape index (κ3) is 3.26. The summed E-state index contributed by atoms with van der Waals surface area (Å²) < 4.78 is 2.83. The lowest BCUT2D eigenvalue weighted by Crippen LogP contribution is -2.30. The Morgan fingerprint density at radius 1 is 1.53 bits per heavy atom. The molecular formula is C13H17BrN4O. The first kappa shape index (κ1) is 13.9. The van der Waals surface area contributed by atoms with Crippen LogP contribution in [0.25, 0.3) is 11.0 Å². The van der Waals surface area contributed by atoms with E-state index in [0.717, 1.165) is 15.5 Å². The molecule has 1 aromatic heterocycles. The van der Waals surface area contributed by atoms with E-state index in [1.54, 1.807) is 0 Å². The van der Waals surface area contributed by atoms with Gasteiger partial charge in [0.1, 0.15) is 0 Å². The standard InChI is InChI=1S/C13H17BrN4O/c1-8(2)16-12(19)5-6-18-11-7-9(14)3-4-10(11)17-13(18)15/h3-4,7-8H,5-6H2,1-2H3,(H2,15,17)(H,16,19). The normalized spacial score (nSPS) is 11.2. The number of fused-ring (bicyclic) bond motifs is 1. The van der Waals surface area contributed by atoms with Gasteiger partial charge in [-0.1, -0.05) is 15.9 Å². The van der Waals surface area contributed by atoms with Gasteiger partial charge >= 0.3 is 0 Å². The highest BCUT2D eigenvalue weighted by molar-refractivity contribution is 9.10. The average Bonchev–Trinajstić information content (AvgIpc) is 2.61. The molecule has 0 spiro atoms. The smallest absolute Gasteiger partial charge is 0.221 e. The predicted molar refractivity (Wildman–Crippen MR) is 79.7 cm³/mol. The molecule has 0 saturated heterocycles. The highest BCUT2D eigenvalue weighted by Crippen LogP contribution is 2.22. The predicted octanol–water partition coefficient (Wildman–Crippen LogP) is 2.30. The van der Waals surface area contributed by atoms with E-state index in [0.29, 0.717) is 18.9 Å². The molecule has 0 saturated carbocycles. The molecule has 1 aromatic carbocycles. The number of carbonyl (C=O) groups excluding carboxylic acids is 1. The minimum atomic E-state index is 0.0197. The molecule has 0 unspecified atom stereocenters. The molecule has 102 valence electrons. The van der Waals surface area contributed by atoms with Crippen LogP contribution in [0.4, 0.5) is 5.95 Å². The third-order valence-corrected chi connectivity index (χ3v) is 3.25. The van der Waals surface area contributed by atoms with Gasteiger partial charge in [0, 0.05) is 23.5 Å². The monoisotopic (exact) mass is 324 g/mol. The van der Waals surface area contributed by atoms with Crippen molar-refractivity contribution in [3.63, 3.8) is 0 Å². The number of imidazole rings is 1. The quantitative estimate of drug-likeness (QED) is 0.906. The number of nitrogens with two attached hydrogens (primary N) is 1. The summed E-state index contributed by atoms with van der Waals surface area (Å²) in [4.78, 5) is 15.9. The maximum absolute atomic E-state index is 11.7. The van der Waals surface area contributed by atoms with Crippen molar-refractivity contribution >= 4 is 38.8 Å². The van der Waals surface area contributed by atoms with Gasteiger partial charge in [-0.05, 0) is 32.0 Å². The lowest BCUT2D eigenvalue weighted by molar-refractivity contribution is -0.121. The van der Waals surface area contributed by atoms with Gasteiger partial charge < -0.3 is 15.6 Å². The zero-order valence-electron chi connectivity index (χ0n) is 11.0. The number of nitrogen functional groups attached to an aromatic ring is 1. The van der Waals surface area contributed by atoms with Gasteiger partial charge in [0.2, 0.25) is 11.9 Å². The molecule has 3 N–H and O–H groups in total. The van der Waals surface area contributed by atoms with Crippen LogP contribution in [0.1, 0.15) is 20.3 Å². The van der Waals surface area contributed by atoms with Crippen molar-refractivity contribution in [2.24, 2.45) is 0 Å². The van der Waals surface area contributed by atoms with Gasteiger partial charge in [-0.25, -0.2) is 4.98 Å². The first-order chi connectivity index (χ1) is 8.97. The van der Waals surface area contributed by atoms with Gasteiger partial charge in [0.15, 0.2) is 0 Å². The zero-order valence-corrected chi connectivity index (χ0v) is 12.6. The third-order valence-electron chi connectivity index (χ3n) is 2.75. The lowest BCUT2D eigenvalue weighted by atomic mass is 10.3. The van der Waals surface area contributed by atoms with E-state index in [9.17, 15) is 4.79 Å². The average molecular weight is 325 g/mol. The Hall–Kier alpha value is -1.56. The topological polar surface area (TPSA) is 72.9 Å². The summed E-state index contributed by atoms with van der Waals surface area (Å²) in [5.41, 5.74) is 7.67. The van der Waals surface area contributed by atoms with Crippen LogP contribution in [0, 0.1) is 0 Å². The molecule has 0 fully saturated rings. The van der Waals surface area contributed by atoms with Crippen LogP contribution < -0.4 is 11.1 Å². The lowest BCUT2D eigenvalue weighted by Gasteiger charge is -2.09. The highest BCUT2D eigenvalue weighted by Gasteiger charge is 2.10. The number of amides is 1. The summed E-state index contributed by atoms with van der Waals surface area (Å²) in [5.74, 6) is 0.455. The van der Waals surface area contributed by atoms with E-state index in [-0.39, 0.29) is 11.9 Å². The largest absolute Gasteiger partial charge is 0.369 e. The Bertz CT molecular complexity index is 606. The first-order valence-electron chi connectivity index (χ1n) is 6.18. The molecular weight excluding hydrogens is 308 g/mol. The SMILES string of the molecule is CC(C)NC(=O)CCn1c(N)nc2ccc(Br)cc21. The molecule has 0 bridgehead atoms. The zero-order chi connectivity index (χ0) is 14.0. The molecule has 0 radical (unpaired) electrons. The number of nitrogens with zero attached hydrogens (tertiary/aromatic N) is 2. The van der Waals surface area contributed by atoms with Crippen molar-refractivity contribution in [1.82, 2.24) is 14.9 Å². The van der Waals surface area contributed by atoms with Crippen molar-refractivity contribution in [3.8, 4) is 0 Å². The Morgan fingerprint density at radius 3 is 2.95 bits per heavy atom. The Morgan fingerprint density at radius 2 is 2.26 bits per heavy atom. The van der Waals surface area contributed by atoms with Crippen LogP contribution in [0.5, 0.6) is 0 Å². The van der Waals surface area contributed by atoms with Crippen LogP contribution >= 0.6 is 15.9 Å². The van der Waals surface area contributed by atoms with Crippen LogP contribution in [0.3, 0.4) is 0 Å². The molecule has 2 rings (SSSR count). The summed E-state index contributed by atoms with van der Waals surface area (Å²) in [6.07, 6.45) is 0.389. The second-order valence-corrected chi connectivity index (χ2v) is 5.64. The molecule has 2 aromatic rings. The molecule has 1 heterocycles. The maximum atomic E-state index is 11.7. The van der Waals surface area contributed by atoms with Crippen LogP contribution in [0.2, 0.25) is 0 Å². The van der Waals surface area contributed by atoms with E-state index >= 15 is 0 Å². The Balaban J connectivity index is 2.18. The van der Waals surface area contributed by atoms with Crippen molar-refractivity contribution in [2.75, 3.05) is 5.73 Å². The minimum absolute atomic E-state index is 0.0197. The first-order valence-corrected chi connectivity index (χ1v) is 6.97. The van der Waals surface area contributed by atoms with E-state index < -0.39 is 0 Å². The van der Waals surface area contributed by atoms with Gasteiger partial charge in [0.25, 0.3) is 0 Å². The fourth-order valence-electron chi connectivity index (χ4n) is 1.96. The van der Waals surface area contributed by atoms with Crippen LogP contribution in [-0.2, 0) is 11.3 Å². The number of anilines is 1. The summed E-state index contributed by atoms with van der Waals surface area (Å²) in [6, 6.07) is 5.93. The van der Waals surface area contributed by atoms with Gasteiger partial charge in [-0.15, -0.1) is 0 Å². The second-order valence-electron chi connectivity index (χ2n) is 4.73. The van der Waals surface area contributed by atoms with Crippen molar-refractivity contribution in [3.05, 3.63) is 22.7 Å². The van der Waals surface area contributed by atoms with E-state index in [2.05, 4.69) is 26.2 Å². The summed E-state index contributed by atoms with van der Waals surface area (Å²) in [6.45, 7) is 4.41. The number of rotatable bonds is 4. The fraction of sp³-hybridized carbons (Fsp3) is 0.385. The molecule has 6 heteroatoms. The second kappa shape index (κ2) is 5.61. The van der Waals surface area contributed by atoms with Gasteiger partial charge in [-0.2, -0.15) is 0 Å². The number of halogens is 1. The van der Waals surface area contributed by atoms with E-state index in [4.69, 9.17) is 5.73 Å². The van der Waals surface area contributed by atoms with Crippen molar-refractivity contribution in [1.29, 1.82) is 0 Å². The summed E-state index contributed by atoms with van der Waals surface area (Å²) in [5, 5.41) is 2.86. The molecule has 0 aliphatic carbocycles. The minimum Gasteiger partial charge on any atom is -0.369 e. The molecule has 0 aliphatic heterocycles. The van der Waals surface area contributed by atoms with Gasteiger partial charge in [0.05, 0.1) is 11.0 Å². The number of nitrogens with one attached hydrogen (secondary N) is 1. The van der Waals surface area contributed by atoms with Crippen LogP contribution in [-0.4, -0.2) is 21.5 Å². The number of benzene rings is 1. The van der Waals surface area contributed by atoms with Crippen molar-refractivity contribution < 1.29 is 4.79 Å². The number of hydrogen-bond acceptors (Lipinski definition) is 3. The molecule has 0 atom stereocenters. The number of carbonyl (C=O) groups is 1. The number of hydrogen-bond donors (Lipinski definition) is 2. The molecule has 19 heavy (non-hydrogen) atoms.